The minimum absolute atomic E-state index is 0.0964. The first-order valence-corrected chi connectivity index (χ1v) is 12.2. The Morgan fingerprint density at radius 2 is 1.91 bits per heavy atom. The summed E-state index contributed by atoms with van der Waals surface area (Å²) >= 11 is 0. The van der Waals surface area contributed by atoms with Crippen molar-refractivity contribution in [2.24, 2.45) is 17.8 Å². The van der Waals surface area contributed by atoms with E-state index in [0.717, 1.165) is 10.9 Å². The van der Waals surface area contributed by atoms with Crippen LogP contribution in [0.15, 0.2) is 30.3 Å². The second-order valence-corrected chi connectivity index (χ2v) is 9.84. The lowest BCUT2D eigenvalue weighted by molar-refractivity contribution is -0.124. The molecule has 2 heterocycles. The molecule has 1 aromatic carbocycles. The van der Waals surface area contributed by atoms with Gasteiger partial charge in [-0.3, -0.25) is 14.4 Å². The maximum Gasteiger partial charge on any atom is 0.268 e. The molecule has 0 radical (unpaired) electrons. The van der Waals surface area contributed by atoms with Crippen molar-refractivity contribution in [3.05, 3.63) is 36.0 Å². The van der Waals surface area contributed by atoms with Gasteiger partial charge in [-0.1, -0.05) is 18.2 Å². The molecule has 9 heteroatoms. The summed E-state index contributed by atoms with van der Waals surface area (Å²) in [6.07, 6.45) is 1.17. The zero-order valence-corrected chi connectivity index (χ0v) is 19.5. The first kappa shape index (κ1) is 24.8. The zero-order chi connectivity index (χ0) is 25.0. The number of H-pyrrole nitrogens is 1. The number of benzene rings is 1. The number of amides is 2. The van der Waals surface area contributed by atoms with Gasteiger partial charge in [0.05, 0.1) is 18.0 Å². The highest BCUT2D eigenvalue weighted by atomic mass is 19.3. The highest BCUT2D eigenvalue weighted by Crippen LogP contribution is 2.38. The number of halogens is 2. The van der Waals surface area contributed by atoms with Gasteiger partial charge in [0.1, 0.15) is 5.69 Å². The fraction of sp³-hybridized carbons (Fsp3) is 0.538. The molecular formula is C26H30F2N4O3. The number of hydrogen-bond donors (Lipinski definition) is 3. The number of nitrogens with zero attached hydrogens (tertiary/aromatic N) is 1. The van der Waals surface area contributed by atoms with Crippen molar-refractivity contribution < 1.29 is 23.2 Å². The molecule has 35 heavy (non-hydrogen) atoms. The van der Waals surface area contributed by atoms with Crippen LogP contribution in [0.25, 0.3) is 10.9 Å². The molecule has 1 saturated heterocycles. The van der Waals surface area contributed by atoms with Crippen molar-refractivity contribution >= 4 is 28.5 Å². The van der Waals surface area contributed by atoms with Gasteiger partial charge in [0.15, 0.2) is 5.78 Å². The van der Waals surface area contributed by atoms with E-state index in [9.17, 15) is 28.4 Å². The summed E-state index contributed by atoms with van der Waals surface area (Å²) in [7, 11) is 0. The van der Waals surface area contributed by atoms with E-state index in [1.165, 1.54) is 0 Å². The van der Waals surface area contributed by atoms with Crippen LogP contribution in [0.4, 0.5) is 8.78 Å². The molecule has 2 fully saturated rings. The van der Waals surface area contributed by atoms with Crippen LogP contribution in [0.5, 0.6) is 0 Å². The minimum atomic E-state index is -2.68. The summed E-state index contributed by atoms with van der Waals surface area (Å²) in [4.78, 5) is 41.3. The Balaban J connectivity index is 1.46. The zero-order valence-electron chi connectivity index (χ0n) is 19.5. The SMILES string of the molecule is N#C[C@@H](CC(=O)[C@H](CC1CCC(F)(F)CC1)NC(=O)c1cc2ccccc2[nH]1)CC1CCNC1=O. The van der Waals surface area contributed by atoms with E-state index in [0.29, 0.717) is 18.7 Å². The molecule has 0 bridgehead atoms. The Kier molecular flexibility index (Phi) is 7.48. The van der Waals surface area contributed by atoms with Crippen LogP contribution in [0.3, 0.4) is 0 Å². The Labute approximate surface area is 202 Å². The molecule has 1 aliphatic heterocycles. The largest absolute Gasteiger partial charge is 0.356 e. The summed E-state index contributed by atoms with van der Waals surface area (Å²) in [5, 5.41) is 16.0. The first-order valence-electron chi connectivity index (χ1n) is 12.2. The van der Waals surface area contributed by atoms with E-state index >= 15 is 0 Å². The molecule has 3 atom stereocenters. The summed E-state index contributed by atoms with van der Waals surface area (Å²) < 4.78 is 27.3. The molecule has 0 spiro atoms. The third-order valence-corrected chi connectivity index (χ3v) is 7.24. The van der Waals surface area contributed by atoms with Gasteiger partial charge in [-0.2, -0.15) is 5.26 Å². The van der Waals surface area contributed by atoms with Crippen LogP contribution in [-0.4, -0.2) is 41.1 Å². The molecule has 3 N–H and O–H groups in total. The lowest BCUT2D eigenvalue weighted by Gasteiger charge is -2.30. The molecule has 1 aromatic heterocycles. The number of alkyl halides is 2. The number of carbonyl (C=O) groups is 3. The van der Waals surface area contributed by atoms with Crippen molar-refractivity contribution in [1.82, 2.24) is 15.6 Å². The van der Waals surface area contributed by atoms with E-state index in [-0.39, 0.29) is 68.5 Å². The van der Waals surface area contributed by atoms with E-state index in [2.05, 4.69) is 21.7 Å². The number of ketones is 1. The van der Waals surface area contributed by atoms with Gasteiger partial charge in [-0.05, 0) is 50.2 Å². The molecule has 2 aliphatic rings. The molecule has 4 rings (SSSR count). The predicted octanol–water partition coefficient (Wildman–Crippen LogP) is 4.11. The van der Waals surface area contributed by atoms with E-state index in [1.54, 1.807) is 6.07 Å². The van der Waals surface area contributed by atoms with Gasteiger partial charge in [0.25, 0.3) is 5.91 Å². The number of carbonyl (C=O) groups excluding carboxylic acids is 3. The monoisotopic (exact) mass is 484 g/mol. The predicted molar refractivity (Wildman–Crippen MR) is 126 cm³/mol. The quantitative estimate of drug-likeness (QED) is 0.497. The second kappa shape index (κ2) is 10.5. The number of hydrogen-bond acceptors (Lipinski definition) is 4. The van der Waals surface area contributed by atoms with Gasteiger partial charge in [0.2, 0.25) is 11.8 Å². The molecule has 1 unspecified atom stereocenters. The fourth-order valence-electron chi connectivity index (χ4n) is 5.15. The molecular weight excluding hydrogens is 454 g/mol. The fourth-order valence-corrected chi connectivity index (χ4v) is 5.15. The minimum Gasteiger partial charge on any atom is -0.356 e. The molecule has 2 aromatic rings. The van der Waals surface area contributed by atoms with Crippen molar-refractivity contribution in [2.75, 3.05) is 6.54 Å². The van der Waals surface area contributed by atoms with Gasteiger partial charge in [-0.25, -0.2) is 8.78 Å². The number of Topliss-reactive ketones (excluding diaryl/α,β-unsaturated/α-hetero) is 1. The standard InChI is InChI=1S/C26H30F2N4O3/c27-26(28)8-5-16(6-9-26)12-21(23(33)13-17(15-29)11-19-7-10-30-24(19)34)32-25(35)22-14-18-3-1-2-4-20(18)31-22/h1-4,14,16-17,19,21,31H,5-13H2,(H,30,34)(H,32,35)/t17-,19?,21+/m1/s1. The van der Waals surface area contributed by atoms with E-state index in [1.807, 2.05) is 24.3 Å². The number of rotatable bonds is 9. The Morgan fingerprint density at radius 3 is 2.57 bits per heavy atom. The Bertz CT molecular complexity index is 1100. The normalized spacial score (nSPS) is 21.7. The van der Waals surface area contributed by atoms with Crippen LogP contribution >= 0.6 is 0 Å². The molecule has 1 saturated carbocycles. The number of fused-ring (bicyclic) bond motifs is 1. The van der Waals surface area contributed by atoms with Gasteiger partial charge in [0, 0.05) is 42.6 Å². The summed E-state index contributed by atoms with van der Waals surface area (Å²) in [5.74, 6) is -4.62. The third kappa shape index (κ3) is 6.24. The summed E-state index contributed by atoms with van der Waals surface area (Å²) in [6.45, 7) is 0.561. The topological polar surface area (TPSA) is 115 Å². The van der Waals surface area contributed by atoms with Gasteiger partial charge in [-0.15, -0.1) is 0 Å². The average molecular weight is 485 g/mol. The van der Waals surface area contributed by atoms with Crippen LogP contribution in [0.2, 0.25) is 0 Å². The summed E-state index contributed by atoms with van der Waals surface area (Å²) in [6, 6.07) is 10.4. The number of aromatic amines is 1. The van der Waals surface area contributed by atoms with Gasteiger partial charge < -0.3 is 15.6 Å². The number of nitriles is 1. The molecule has 186 valence electrons. The number of para-hydroxylation sites is 1. The van der Waals surface area contributed by atoms with E-state index < -0.39 is 23.8 Å². The van der Waals surface area contributed by atoms with Crippen molar-refractivity contribution in [3.63, 3.8) is 0 Å². The van der Waals surface area contributed by atoms with Crippen molar-refractivity contribution in [2.45, 2.75) is 63.3 Å². The van der Waals surface area contributed by atoms with Crippen molar-refractivity contribution in [3.8, 4) is 6.07 Å². The lowest BCUT2D eigenvalue weighted by atomic mass is 9.81. The third-order valence-electron chi connectivity index (χ3n) is 7.24. The first-order chi connectivity index (χ1) is 16.7. The summed E-state index contributed by atoms with van der Waals surface area (Å²) in [5.41, 5.74) is 1.09. The maximum absolute atomic E-state index is 13.6. The Hall–Kier alpha value is -3.28. The second-order valence-electron chi connectivity index (χ2n) is 9.84. The maximum atomic E-state index is 13.6. The number of aromatic nitrogens is 1. The molecule has 2 amide bonds. The average Bonchev–Trinajstić information content (AvgIpc) is 3.45. The smallest absolute Gasteiger partial charge is 0.268 e. The highest BCUT2D eigenvalue weighted by molar-refractivity contribution is 6.00. The van der Waals surface area contributed by atoms with Crippen LogP contribution in [0.1, 0.15) is 61.9 Å². The Morgan fingerprint density at radius 1 is 1.17 bits per heavy atom. The van der Waals surface area contributed by atoms with Crippen molar-refractivity contribution in [1.29, 1.82) is 5.26 Å². The van der Waals surface area contributed by atoms with Crippen LogP contribution in [0, 0.1) is 29.1 Å². The van der Waals surface area contributed by atoms with Gasteiger partial charge >= 0.3 is 0 Å². The van der Waals surface area contributed by atoms with Crippen LogP contribution < -0.4 is 10.6 Å². The number of nitrogens with one attached hydrogen (secondary N) is 3. The highest BCUT2D eigenvalue weighted by Gasteiger charge is 2.37. The molecule has 7 nitrogen and oxygen atoms in total. The lowest BCUT2D eigenvalue weighted by Crippen LogP contribution is -2.43. The van der Waals surface area contributed by atoms with E-state index in [4.69, 9.17) is 0 Å². The van der Waals surface area contributed by atoms with Crippen LogP contribution in [-0.2, 0) is 9.59 Å². The molecule has 1 aliphatic carbocycles.